The van der Waals surface area contributed by atoms with Crippen LogP contribution in [0.25, 0.3) is 0 Å². The molecule has 2 nitrogen and oxygen atoms in total. The monoisotopic (exact) mass is 261 g/mol. The molecule has 1 aromatic carbocycles. The minimum Gasteiger partial charge on any atom is -0.388 e. The van der Waals surface area contributed by atoms with Gasteiger partial charge in [0, 0.05) is 18.3 Å². The van der Waals surface area contributed by atoms with E-state index in [1.54, 1.807) is 0 Å². The number of rotatable bonds is 6. The SMILES string of the molecule is CCCCCC(O)c1ccc(N2CCCC2C)cc1. The van der Waals surface area contributed by atoms with Gasteiger partial charge in [-0.05, 0) is 43.9 Å². The van der Waals surface area contributed by atoms with Gasteiger partial charge in [0.15, 0.2) is 0 Å². The molecule has 0 radical (unpaired) electrons. The van der Waals surface area contributed by atoms with Gasteiger partial charge in [0.05, 0.1) is 6.10 Å². The summed E-state index contributed by atoms with van der Waals surface area (Å²) in [5.41, 5.74) is 2.36. The molecule has 0 spiro atoms. The van der Waals surface area contributed by atoms with Gasteiger partial charge in [-0.15, -0.1) is 0 Å². The molecule has 0 aromatic heterocycles. The lowest BCUT2D eigenvalue weighted by Crippen LogP contribution is -2.26. The molecule has 1 fully saturated rings. The molecule has 0 bridgehead atoms. The van der Waals surface area contributed by atoms with Gasteiger partial charge in [0.25, 0.3) is 0 Å². The third-order valence-electron chi connectivity index (χ3n) is 4.24. The molecule has 1 aromatic rings. The second-order valence-electron chi connectivity index (χ2n) is 5.79. The summed E-state index contributed by atoms with van der Waals surface area (Å²) >= 11 is 0. The average Bonchev–Trinajstić information content (AvgIpc) is 2.85. The van der Waals surface area contributed by atoms with E-state index in [1.807, 2.05) is 0 Å². The fraction of sp³-hybridized carbons (Fsp3) is 0.647. The van der Waals surface area contributed by atoms with Crippen LogP contribution in [0.3, 0.4) is 0 Å². The summed E-state index contributed by atoms with van der Waals surface area (Å²) in [5.74, 6) is 0. The molecule has 106 valence electrons. The van der Waals surface area contributed by atoms with Crippen molar-refractivity contribution in [2.24, 2.45) is 0 Å². The van der Waals surface area contributed by atoms with E-state index < -0.39 is 0 Å². The molecule has 2 atom stereocenters. The number of aliphatic hydroxyl groups is 1. The smallest absolute Gasteiger partial charge is 0.0790 e. The number of hydrogen-bond acceptors (Lipinski definition) is 2. The van der Waals surface area contributed by atoms with Gasteiger partial charge in [-0.3, -0.25) is 0 Å². The summed E-state index contributed by atoms with van der Waals surface area (Å²) in [6.07, 6.45) is 6.70. The molecule has 0 aliphatic carbocycles. The largest absolute Gasteiger partial charge is 0.388 e. The lowest BCUT2D eigenvalue weighted by atomic mass is 10.0. The van der Waals surface area contributed by atoms with Crippen LogP contribution in [0.15, 0.2) is 24.3 Å². The van der Waals surface area contributed by atoms with E-state index in [4.69, 9.17) is 0 Å². The van der Waals surface area contributed by atoms with E-state index in [1.165, 1.54) is 37.9 Å². The third kappa shape index (κ3) is 3.73. The Morgan fingerprint density at radius 3 is 2.58 bits per heavy atom. The number of nitrogens with zero attached hydrogens (tertiary/aromatic N) is 1. The van der Waals surface area contributed by atoms with Gasteiger partial charge in [-0.1, -0.05) is 38.3 Å². The molecule has 2 unspecified atom stereocenters. The standard InChI is InChI=1S/C17H27NO/c1-3-4-5-8-17(19)15-9-11-16(12-10-15)18-13-6-7-14(18)2/h9-12,14,17,19H,3-8,13H2,1-2H3. The first-order chi connectivity index (χ1) is 9.22. The summed E-state index contributed by atoms with van der Waals surface area (Å²) in [6, 6.07) is 9.18. The van der Waals surface area contributed by atoms with E-state index in [-0.39, 0.29) is 6.10 Å². The zero-order chi connectivity index (χ0) is 13.7. The fourth-order valence-electron chi connectivity index (χ4n) is 2.96. The molecule has 1 N–H and O–H groups in total. The average molecular weight is 261 g/mol. The highest BCUT2D eigenvalue weighted by molar-refractivity contribution is 5.49. The highest BCUT2D eigenvalue weighted by Crippen LogP contribution is 2.27. The minimum absolute atomic E-state index is 0.295. The molecular weight excluding hydrogens is 234 g/mol. The van der Waals surface area contributed by atoms with Gasteiger partial charge in [0.2, 0.25) is 0 Å². The van der Waals surface area contributed by atoms with Crippen LogP contribution in [0.2, 0.25) is 0 Å². The molecule has 1 aliphatic rings. The summed E-state index contributed by atoms with van der Waals surface area (Å²) in [6.45, 7) is 5.65. The molecule has 0 saturated carbocycles. The van der Waals surface area contributed by atoms with Crippen LogP contribution in [-0.4, -0.2) is 17.7 Å². The predicted octanol–water partition coefficient (Wildman–Crippen LogP) is 4.29. The van der Waals surface area contributed by atoms with Gasteiger partial charge >= 0.3 is 0 Å². The first-order valence-electron chi connectivity index (χ1n) is 7.77. The second kappa shape index (κ2) is 6.95. The number of hydrogen-bond donors (Lipinski definition) is 1. The van der Waals surface area contributed by atoms with E-state index >= 15 is 0 Å². The normalized spacial score (nSPS) is 20.8. The maximum Gasteiger partial charge on any atom is 0.0790 e. The summed E-state index contributed by atoms with van der Waals surface area (Å²) in [5, 5.41) is 10.1. The highest BCUT2D eigenvalue weighted by Gasteiger charge is 2.20. The van der Waals surface area contributed by atoms with Gasteiger partial charge < -0.3 is 10.0 Å². The van der Waals surface area contributed by atoms with Crippen LogP contribution in [0.5, 0.6) is 0 Å². The number of anilines is 1. The molecule has 2 heteroatoms. The van der Waals surface area contributed by atoms with Crippen LogP contribution in [0.4, 0.5) is 5.69 Å². The molecule has 1 aliphatic heterocycles. The predicted molar refractivity (Wildman–Crippen MR) is 81.6 cm³/mol. The molecule has 19 heavy (non-hydrogen) atoms. The van der Waals surface area contributed by atoms with Crippen LogP contribution in [-0.2, 0) is 0 Å². The Hall–Kier alpha value is -1.02. The quantitative estimate of drug-likeness (QED) is 0.772. The van der Waals surface area contributed by atoms with Crippen LogP contribution < -0.4 is 4.90 Å². The highest BCUT2D eigenvalue weighted by atomic mass is 16.3. The Bertz CT molecular complexity index is 373. The third-order valence-corrected chi connectivity index (χ3v) is 4.24. The number of aliphatic hydroxyl groups excluding tert-OH is 1. The minimum atomic E-state index is -0.295. The second-order valence-corrected chi connectivity index (χ2v) is 5.79. The summed E-state index contributed by atoms with van der Waals surface area (Å²) < 4.78 is 0. The Kier molecular flexibility index (Phi) is 5.26. The van der Waals surface area contributed by atoms with Crippen molar-refractivity contribution < 1.29 is 5.11 Å². The molecule has 1 saturated heterocycles. The lowest BCUT2D eigenvalue weighted by Gasteiger charge is -2.24. The first kappa shape index (κ1) is 14.4. The Morgan fingerprint density at radius 1 is 1.26 bits per heavy atom. The maximum atomic E-state index is 10.1. The lowest BCUT2D eigenvalue weighted by molar-refractivity contribution is 0.163. The van der Waals surface area contributed by atoms with Crippen molar-refractivity contribution in [3.8, 4) is 0 Å². The van der Waals surface area contributed by atoms with Gasteiger partial charge in [-0.2, -0.15) is 0 Å². The van der Waals surface area contributed by atoms with Crippen LogP contribution in [0, 0.1) is 0 Å². The van der Waals surface area contributed by atoms with E-state index in [9.17, 15) is 5.11 Å². The Labute approximate surface area is 117 Å². The molecular formula is C17H27NO. The molecule has 2 rings (SSSR count). The van der Waals surface area contributed by atoms with Crippen LogP contribution >= 0.6 is 0 Å². The van der Waals surface area contributed by atoms with Crippen molar-refractivity contribution in [1.82, 2.24) is 0 Å². The molecule has 0 amide bonds. The van der Waals surface area contributed by atoms with Crippen LogP contribution in [0.1, 0.15) is 64.0 Å². The van der Waals surface area contributed by atoms with Gasteiger partial charge in [-0.25, -0.2) is 0 Å². The van der Waals surface area contributed by atoms with E-state index in [2.05, 4.69) is 43.0 Å². The fourth-order valence-corrected chi connectivity index (χ4v) is 2.96. The van der Waals surface area contributed by atoms with Crippen molar-refractivity contribution in [2.75, 3.05) is 11.4 Å². The zero-order valence-corrected chi connectivity index (χ0v) is 12.3. The van der Waals surface area contributed by atoms with Crippen molar-refractivity contribution in [3.05, 3.63) is 29.8 Å². The summed E-state index contributed by atoms with van der Waals surface area (Å²) in [7, 11) is 0. The Balaban J connectivity index is 1.94. The number of benzene rings is 1. The van der Waals surface area contributed by atoms with E-state index in [0.29, 0.717) is 6.04 Å². The van der Waals surface area contributed by atoms with Gasteiger partial charge in [0.1, 0.15) is 0 Å². The first-order valence-corrected chi connectivity index (χ1v) is 7.77. The molecule has 1 heterocycles. The van der Waals surface area contributed by atoms with Crippen molar-refractivity contribution in [3.63, 3.8) is 0 Å². The van der Waals surface area contributed by atoms with E-state index in [0.717, 1.165) is 18.4 Å². The summed E-state index contributed by atoms with van der Waals surface area (Å²) in [4.78, 5) is 2.47. The maximum absolute atomic E-state index is 10.1. The Morgan fingerprint density at radius 2 is 2.00 bits per heavy atom. The number of unbranched alkanes of at least 4 members (excludes halogenated alkanes) is 2. The topological polar surface area (TPSA) is 23.5 Å². The zero-order valence-electron chi connectivity index (χ0n) is 12.3. The van der Waals surface area contributed by atoms with Crippen molar-refractivity contribution in [2.45, 2.75) is 64.5 Å². The van der Waals surface area contributed by atoms with Crippen molar-refractivity contribution in [1.29, 1.82) is 0 Å². The van der Waals surface area contributed by atoms with Crippen molar-refractivity contribution >= 4 is 5.69 Å².